The number of amides is 1. The van der Waals surface area contributed by atoms with Crippen molar-refractivity contribution in [2.45, 2.75) is 25.8 Å². The van der Waals surface area contributed by atoms with Gasteiger partial charge in [0.1, 0.15) is 0 Å². The fourth-order valence-electron chi connectivity index (χ4n) is 2.30. The van der Waals surface area contributed by atoms with Gasteiger partial charge in [0.05, 0.1) is 5.92 Å². The van der Waals surface area contributed by atoms with Crippen molar-refractivity contribution >= 4 is 18.3 Å². The standard InChI is InChI=1S/C14H20N2O.ClH/c1-11-10-15-8-9-16(11)14(17)12(2)13-6-4-3-5-7-13;/h3-7,11-12,15H,8-10H2,1-2H3;1H. The molecule has 1 aliphatic heterocycles. The Morgan fingerprint density at radius 1 is 1.39 bits per heavy atom. The van der Waals surface area contributed by atoms with Gasteiger partial charge in [0.15, 0.2) is 0 Å². The van der Waals surface area contributed by atoms with Crippen molar-refractivity contribution in [3.05, 3.63) is 35.9 Å². The van der Waals surface area contributed by atoms with Gasteiger partial charge in [-0.15, -0.1) is 12.4 Å². The Balaban J connectivity index is 0.00000162. The molecule has 1 saturated heterocycles. The summed E-state index contributed by atoms with van der Waals surface area (Å²) in [7, 11) is 0. The molecule has 1 aromatic carbocycles. The van der Waals surface area contributed by atoms with Gasteiger partial charge in [-0.1, -0.05) is 30.3 Å². The van der Waals surface area contributed by atoms with E-state index in [1.807, 2.05) is 42.2 Å². The lowest BCUT2D eigenvalue weighted by Crippen LogP contribution is -2.53. The van der Waals surface area contributed by atoms with Crippen LogP contribution < -0.4 is 5.32 Å². The van der Waals surface area contributed by atoms with Gasteiger partial charge in [-0.05, 0) is 19.4 Å². The molecule has 18 heavy (non-hydrogen) atoms. The quantitative estimate of drug-likeness (QED) is 0.890. The highest BCUT2D eigenvalue weighted by Crippen LogP contribution is 2.19. The van der Waals surface area contributed by atoms with E-state index in [1.54, 1.807) is 0 Å². The van der Waals surface area contributed by atoms with Crippen LogP contribution in [0.1, 0.15) is 25.3 Å². The molecule has 100 valence electrons. The van der Waals surface area contributed by atoms with E-state index in [4.69, 9.17) is 0 Å². The van der Waals surface area contributed by atoms with Gasteiger partial charge >= 0.3 is 0 Å². The first-order valence-corrected chi connectivity index (χ1v) is 6.26. The zero-order valence-electron chi connectivity index (χ0n) is 10.9. The maximum Gasteiger partial charge on any atom is 0.230 e. The van der Waals surface area contributed by atoms with Gasteiger partial charge in [-0.3, -0.25) is 4.79 Å². The van der Waals surface area contributed by atoms with E-state index in [2.05, 4.69) is 12.2 Å². The molecule has 0 radical (unpaired) electrons. The second-order valence-electron chi connectivity index (χ2n) is 4.72. The number of halogens is 1. The number of rotatable bonds is 2. The summed E-state index contributed by atoms with van der Waals surface area (Å²) in [6.07, 6.45) is 0. The minimum Gasteiger partial charge on any atom is -0.337 e. The average Bonchev–Trinajstić information content (AvgIpc) is 2.39. The van der Waals surface area contributed by atoms with Crippen LogP contribution >= 0.6 is 12.4 Å². The van der Waals surface area contributed by atoms with Crippen molar-refractivity contribution < 1.29 is 4.79 Å². The lowest BCUT2D eigenvalue weighted by atomic mass is 9.98. The number of nitrogens with zero attached hydrogens (tertiary/aromatic N) is 1. The summed E-state index contributed by atoms with van der Waals surface area (Å²) in [5, 5.41) is 3.30. The van der Waals surface area contributed by atoms with Crippen LogP contribution in [0.25, 0.3) is 0 Å². The summed E-state index contributed by atoms with van der Waals surface area (Å²) in [5.41, 5.74) is 1.10. The first-order chi connectivity index (χ1) is 8.20. The molecule has 3 nitrogen and oxygen atoms in total. The molecule has 0 aromatic heterocycles. The second kappa shape index (κ2) is 6.76. The normalized spacial score (nSPS) is 21.0. The first kappa shape index (κ1) is 15.0. The number of carbonyl (C=O) groups excluding carboxylic acids is 1. The van der Waals surface area contributed by atoms with Crippen molar-refractivity contribution in [2.24, 2.45) is 0 Å². The third-order valence-electron chi connectivity index (χ3n) is 3.45. The summed E-state index contributed by atoms with van der Waals surface area (Å²) in [5.74, 6) is 0.196. The number of hydrogen-bond donors (Lipinski definition) is 1. The molecule has 1 fully saturated rings. The average molecular weight is 269 g/mol. The molecule has 1 aromatic rings. The summed E-state index contributed by atoms with van der Waals surface area (Å²) in [4.78, 5) is 14.4. The molecule has 2 atom stereocenters. The fraction of sp³-hybridized carbons (Fsp3) is 0.500. The molecular weight excluding hydrogens is 248 g/mol. The molecule has 1 aliphatic rings. The monoisotopic (exact) mass is 268 g/mol. The van der Waals surface area contributed by atoms with Gasteiger partial charge < -0.3 is 10.2 Å². The van der Waals surface area contributed by atoms with Crippen LogP contribution in [0.4, 0.5) is 0 Å². The molecule has 1 N–H and O–H groups in total. The summed E-state index contributed by atoms with van der Waals surface area (Å²) in [6.45, 7) is 6.70. The van der Waals surface area contributed by atoms with E-state index in [0.717, 1.165) is 25.2 Å². The van der Waals surface area contributed by atoms with Crippen LogP contribution in [0.2, 0.25) is 0 Å². The third kappa shape index (κ3) is 3.24. The first-order valence-electron chi connectivity index (χ1n) is 6.26. The lowest BCUT2D eigenvalue weighted by Gasteiger charge is -2.35. The van der Waals surface area contributed by atoms with E-state index in [1.165, 1.54) is 0 Å². The minimum absolute atomic E-state index is 0. The van der Waals surface area contributed by atoms with Gasteiger partial charge in [0.25, 0.3) is 0 Å². The van der Waals surface area contributed by atoms with Crippen molar-refractivity contribution in [1.82, 2.24) is 10.2 Å². The molecule has 0 spiro atoms. The van der Waals surface area contributed by atoms with Crippen LogP contribution in [-0.4, -0.2) is 36.5 Å². The van der Waals surface area contributed by atoms with Crippen LogP contribution in [0.5, 0.6) is 0 Å². The summed E-state index contributed by atoms with van der Waals surface area (Å²) in [6, 6.07) is 10.3. The van der Waals surface area contributed by atoms with Crippen LogP contribution in [0.15, 0.2) is 30.3 Å². The molecular formula is C14H21ClN2O. The van der Waals surface area contributed by atoms with Crippen molar-refractivity contribution in [3.8, 4) is 0 Å². The summed E-state index contributed by atoms with van der Waals surface area (Å²) < 4.78 is 0. The molecule has 0 bridgehead atoms. The van der Waals surface area contributed by atoms with E-state index in [9.17, 15) is 4.79 Å². The Bertz CT molecular complexity index is 383. The maximum atomic E-state index is 12.4. The number of piperazine rings is 1. The van der Waals surface area contributed by atoms with Gasteiger partial charge in [0.2, 0.25) is 5.91 Å². The number of hydrogen-bond acceptors (Lipinski definition) is 2. The highest BCUT2D eigenvalue weighted by atomic mass is 35.5. The molecule has 0 saturated carbocycles. The largest absolute Gasteiger partial charge is 0.337 e. The highest BCUT2D eigenvalue weighted by Gasteiger charge is 2.27. The SMILES string of the molecule is CC(C(=O)N1CCNCC1C)c1ccccc1.Cl. The zero-order valence-corrected chi connectivity index (χ0v) is 11.7. The lowest BCUT2D eigenvalue weighted by molar-refractivity contribution is -0.135. The van der Waals surface area contributed by atoms with E-state index >= 15 is 0 Å². The predicted octanol–water partition coefficient (Wildman–Crippen LogP) is 2.03. The number of benzene rings is 1. The van der Waals surface area contributed by atoms with Gasteiger partial charge in [-0.2, -0.15) is 0 Å². The van der Waals surface area contributed by atoms with Gasteiger partial charge in [0, 0.05) is 25.7 Å². The molecule has 1 amide bonds. The number of carbonyl (C=O) groups is 1. The van der Waals surface area contributed by atoms with Crippen molar-refractivity contribution in [1.29, 1.82) is 0 Å². The third-order valence-corrected chi connectivity index (χ3v) is 3.45. The van der Waals surface area contributed by atoms with E-state index in [-0.39, 0.29) is 24.2 Å². The minimum atomic E-state index is -0.0447. The Labute approximate surface area is 115 Å². The Hall–Kier alpha value is -1.06. The van der Waals surface area contributed by atoms with Crippen LogP contribution in [0.3, 0.4) is 0 Å². The van der Waals surface area contributed by atoms with Gasteiger partial charge in [-0.25, -0.2) is 0 Å². The Morgan fingerprint density at radius 2 is 2.06 bits per heavy atom. The fourth-order valence-corrected chi connectivity index (χ4v) is 2.30. The Morgan fingerprint density at radius 3 is 2.67 bits per heavy atom. The molecule has 2 rings (SSSR count). The molecule has 0 aliphatic carbocycles. The topological polar surface area (TPSA) is 32.3 Å². The molecule has 4 heteroatoms. The van der Waals surface area contributed by atoms with E-state index < -0.39 is 0 Å². The zero-order chi connectivity index (χ0) is 12.3. The highest BCUT2D eigenvalue weighted by molar-refractivity contribution is 5.85. The summed E-state index contributed by atoms with van der Waals surface area (Å²) >= 11 is 0. The van der Waals surface area contributed by atoms with Crippen LogP contribution in [0, 0.1) is 0 Å². The second-order valence-corrected chi connectivity index (χ2v) is 4.72. The van der Waals surface area contributed by atoms with Crippen molar-refractivity contribution in [3.63, 3.8) is 0 Å². The number of nitrogens with one attached hydrogen (secondary N) is 1. The smallest absolute Gasteiger partial charge is 0.230 e. The molecule has 1 heterocycles. The predicted molar refractivity (Wildman–Crippen MR) is 76.1 cm³/mol. The van der Waals surface area contributed by atoms with E-state index in [0.29, 0.717) is 6.04 Å². The Kier molecular flexibility index (Phi) is 5.63. The van der Waals surface area contributed by atoms with Crippen LogP contribution in [-0.2, 0) is 4.79 Å². The molecule has 2 unspecified atom stereocenters. The van der Waals surface area contributed by atoms with Crippen molar-refractivity contribution in [2.75, 3.05) is 19.6 Å². The maximum absolute atomic E-state index is 12.4.